The molecule has 0 spiro atoms. The molecule has 2 rings (SSSR count). The molecule has 1 aromatic rings. The summed E-state index contributed by atoms with van der Waals surface area (Å²) in [6.45, 7) is 5.09. The van der Waals surface area contributed by atoms with Gasteiger partial charge in [0.05, 0.1) is 6.54 Å². The van der Waals surface area contributed by atoms with Gasteiger partial charge in [0.1, 0.15) is 4.99 Å². The number of carbonyl (C=O) groups excluding carboxylic acids is 1. The molecule has 1 aliphatic rings. The number of nitrogens with two attached hydrogens (primary N) is 1. The van der Waals surface area contributed by atoms with Crippen molar-refractivity contribution in [2.75, 3.05) is 26.7 Å². The molecular weight excluding hydrogens is 282 g/mol. The number of benzene rings is 1. The van der Waals surface area contributed by atoms with E-state index < -0.39 is 0 Å². The summed E-state index contributed by atoms with van der Waals surface area (Å²) in [5, 5.41) is 0. The highest BCUT2D eigenvalue weighted by Crippen LogP contribution is 2.14. The van der Waals surface area contributed by atoms with Crippen LogP contribution in [0.5, 0.6) is 0 Å². The Morgan fingerprint density at radius 1 is 1.38 bits per heavy atom. The van der Waals surface area contributed by atoms with E-state index in [0.717, 1.165) is 43.6 Å². The minimum atomic E-state index is 0.229. The van der Waals surface area contributed by atoms with Crippen LogP contribution in [-0.4, -0.2) is 47.4 Å². The molecule has 4 nitrogen and oxygen atoms in total. The van der Waals surface area contributed by atoms with E-state index in [-0.39, 0.29) is 5.91 Å². The first-order valence-corrected chi connectivity index (χ1v) is 7.74. The Bertz CT molecular complexity index is 538. The first-order chi connectivity index (χ1) is 9.97. The van der Waals surface area contributed by atoms with Crippen LogP contribution >= 0.6 is 12.2 Å². The minimum Gasteiger partial charge on any atom is -0.389 e. The Labute approximate surface area is 131 Å². The molecule has 21 heavy (non-hydrogen) atoms. The molecule has 0 aliphatic carbocycles. The second-order valence-corrected chi connectivity index (χ2v) is 6.21. The topological polar surface area (TPSA) is 49.6 Å². The zero-order valence-electron chi connectivity index (χ0n) is 12.8. The predicted octanol–water partition coefficient (Wildman–Crippen LogP) is 1.68. The number of amides is 1. The van der Waals surface area contributed by atoms with Gasteiger partial charge in [-0.25, -0.2) is 0 Å². The number of likely N-dealkylation sites (N-methyl/N-ethyl adjacent to an activating group) is 1. The standard InChI is InChI=1S/C16H23N3OS/c1-12-9-13(16(17)21)5-6-14(12)10-18(2)11-15(20)19-7-3-4-8-19/h5-6,9H,3-4,7-8,10-11H2,1-2H3,(H2,17,21). The van der Waals surface area contributed by atoms with Gasteiger partial charge in [0.15, 0.2) is 0 Å². The Kier molecular flexibility index (Phi) is 5.31. The van der Waals surface area contributed by atoms with E-state index in [9.17, 15) is 4.79 Å². The van der Waals surface area contributed by atoms with E-state index in [2.05, 4.69) is 4.90 Å². The normalized spacial score (nSPS) is 14.7. The summed E-state index contributed by atoms with van der Waals surface area (Å²) in [5.41, 5.74) is 8.89. The zero-order chi connectivity index (χ0) is 15.4. The van der Waals surface area contributed by atoms with Crippen LogP contribution in [0.1, 0.15) is 29.5 Å². The second kappa shape index (κ2) is 7.00. The molecule has 2 N–H and O–H groups in total. The van der Waals surface area contributed by atoms with Gasteiger partial charge in [0, 0.05) is 25.2 Å². The van der Waals surface area contributed by atoms with Gasteiger partial charge in [0.25, 0.3) is 0 Å². The van der Waals surface area contributed by atoms with Crippen LogP contribution in [0.15, 0.2) is 18.2 Å². The maximum absolute atomic E-state index is 12.1. The lowest BCUT2D eigenvalue weighted by Gasteiger charge is -2.22. The van der Waals surface area contributed by atoms with Crippen molar-refractivity contribution in [2.45, 2.75) is 26.3 Å². The number of nitrogens with zero attached hydrogens (tertiary/aromatic N) is 2. The summed E-state index contributed by atoms with van der Waals surface area (Å²) >= 11 is 4.99. The largest absolute Gasteiger partial charge is 0.389 e. The molecule has 1 aromatic carbocycles. The average Bonchev–Trinajstić information content (AvgIpc) is 2.94. The lowest BCUT2D eigenvalue weighted by molar-refractivity contribution is -0.131. The van der Waals surface area contributed by atoms with Crippen molar-refractivity contribution in [3.63, 3.8) is 0 Å². The Hall–Kier alpha value is -1.46. The second-order valence-electron chi connectivity index (χ2n) is 5.77. The molecule has 1 saturated heterocycles. The maximum Gasteiger partial charge on any atom is 0.236 e. The number of thiocarbonyl (C=S) groups is 1. The lowest BCUT2D eigenvalue weighted by Crippen LogP contribution is -2.37. The van der Waals surface area contributed by atoms with E-state index in [1.807, 2.05) is 37.1 Å². The van der Waals surface area contributed by atoms with E-state index in [1.165, 1.54) is 5.56 Å². The number of hydrogen-bond acceptors (Lipinski definition) is 3. The Morgan fingerprint density at radius 3 is 2.62 bits per heavy atom. The van der Waals surface area contributed by atoms with Crippen molar-refractivity contribution in [2.24, 2.45) is 5.73 Å². The van der Waals surface area contributed by atoms with E-state index in [1.54, 1.807) is 0 Å². The van der Waals surface area contributed by atoms with Gasteiger partial charge >= 0.3 is 0 Å². The lowest BCUT2D eigenvalue weighted by atomic mass is 10.0. The molecule has 0 aromatic heterocycles. The molecule has 0 saturated carbocycles. The van der Waals surface area contributed by atoms with Gasteiger partial charge in [-0.05, 0) is 44.0 Å². The molecule has 1 aliphatic heterocycles. The molecular formula is C16H23N3OS. The monoisotopic (exact) mass is 305 g/mol. The zero-order valence-corrected chi connectivity index (χ0v) is 13.6. The molecule has 5 heteroatoms. The molecule has 0 atom stereocenters. The average molecular weight is 305 g/mol. The van der Waals surface area contributed by atoms with Crippen LogP contribution in [0.4, 0.5) is 0 Å². The molecule has 0 unspecified atom stereocenters. The van der Waals surface area contributed by atoms with Crippen molar-refractivity contribution < 1.29 is 4.79 Å². The van der Waals surface area contributed by atoms with Crippen molar-refractivity contribution in [1.29, 1.82) is 0 Å². The van der Waals surface area contributed by atoms with Crippen molar-refractivity contribution in [3.05, 3.63) is 34.9 Å². The molecule has 1 fully saturated rings. The van der Waals surface area contributed by atoms with Crippen molar-refractivity contribution in [1.82, 2.24) is 9.80 Å². The van der Waals surface area contributed by atoms with Crippen LogP contribution in [0, 0.1) is 6.92 Å². The van der Waals surface area contributed by atoms with Crippen LogP contribution < -0.4 is 5.73 Å². The van der Waals surface area contributed by atoms with Crippen LogP contribution in [0.3, 0.4) is 0 Å². The maximum atomic E-state index is 12.1. The summed E-state index contributed by atoms with van der Waals surface area (Å²) < 4.78 is 0. The SMILES string of the molecule is Cc1cc(C(N)=S)ccc1CN(C)CC(=O)N1CCCC1. The van der Waals surface area contributed by atoms with E-state index in [0.29, 0.717) is 11.5 Å². The third-order valence-electron chi connectivity index (χ3n) is 3.93. The van der Waals surface area contributed by atoms with Gasteiger partial charge in [-0.15, -0.1) is 0 Å². The highest BCUT2D eigenvalue weighted by atomic mass is 32.1. The highest BCUT2D eigenvalue weighted by Gasteiger charge is 2.19. The number of carbonyl (C=O) groups is 1. The molecule has 0 bridgehead atoms. The van der Waals surface area contributed by atoms with Crippen LogP contribution in [0.25, 0.3) is 0 Å². The number of hydrogen-bond donors (Lipinski definition) is 1. The van der Waals surface area contributed by atoms with Gasteiger partial charge in [-0.2, -0.15) is 0 Å². The van der Waals surface area contributed by atoms with Gasteiger partial charge in [0.2, 0.25) is 5.91 Å². The van der Waals surface area contributed by atoms with Gasteiger partial charge in [-0.1, -0.05) is 24.4 Å². The minimum absolute atomic E-state index is 0.229. The van der Waals surface area contributed by atoms with Crippen LogP contribution in [-0.2, 0) is 11.3 Å². The van der Waals surface area contributed by atoms with E-state index in [4.69, 9.17) is 18.0 Å². The summed E-state index contributed by atoms with van der Waals surface area (Å²) in [6, 6.07) is 6.00. The summed E-state index contributed by atoms with van der Waals surface area (Å²) in [4.78, 5) is 16.6. The van der Waals surface area contributed by atoms with Crippen LogP contribution in [0.2, 0.25) is 0 Å². The number of aryl methyl sites for hydroxylation is 1. The predicted molar refractivity (Wildman–Crippen MR) is 89.2 cm³/mol. The Morgan fingerprint density at radius 2 is 2.05 bits per heavy atom. The summed E-state index contributed by atoms with van der Waals surface area (Å²) in [5.74, 6) is 0.229. The van der Waals surface area contributed by atoms with Crippen molar-refractivity contribution >= 4 is 23.1 Å². The summed E-state index contributed by atoms with van der Waals surface area (Å²) in [7, 11) is 1.98. The van der Waals surface area contributed by atoms with Crippen molar-refractivity contribution in [3.8, 4) is 0 Å². The van der Waals surface area contributed by atoms with E-state index >= 15 is 0 Å². The fourth-order valence-corrected chi connectivity index (χ4v) is 2.80. The molecule has 1 amide bonds. The fourth-order valence-electron chi connectivity index (χ4n) is 2.67. The fraction of sp³-hybridized carbons (Fsp3) is 0.500. The van der Waals surface area contributed by atoms with Gasteiger partial charge < -0.3 is 10.6 Å². The summed E-state index contributed by atoms with van der Waals surface area (Å²) in [6.07, 6.45) is 2.27. The van der Waals surface area contributed by atoms with Gasteiger partial charge in [-0.3, -0.25) is 9.69 Å². The third-order valence-corrected chi connectivity index (χ3v) is 4.17. The third kappa shape index (κ3) is 4.25. The first-order valence-electron chi connectivity index (χ1n) is 7.33. The quantitative estimate of drug-likeness (QED) is 0.841. The highest BCUT2D eigenvalue weighted by molar-refractivity contribution is 7.80. The molecule has 114 valence electrons. The molecule has 0 radical (unpaired) electrons. The molecule has 1 heterocycles. The Balaban J connectivity index is 1.94. The smallest absolute Gasteiger partial charge is 0.236 e. The first kappa shape index (κ1) is 15.9. The number of likely N-dealkylation sites (tertiary alicyclic amines) is 1. The number of rotatable bonds is 5.